The van der Waals surface area contributed by atoms with Crippen molar-refractivity contribution in [2.45, 2.75) is 0 Å². The number of fused-ring (bicyclic) bond motifs is 1. The number of thiazole rings is 1. The third kappa shape index (κ3) is 2.96. The summed E-state index contributed by atoms with van der Waals surface area (Å²) in [5.74, 6) is 1.29. The maximum Gasteiger partial charge on any atom is 0.291 e. The molecule has 0 spiro atoms. The van der Waals surface area contributed by atoms with Gasteiger partial charge < -0.3 is 4.74 Å². The standard InChI is InChI=1S/C18H12BrN3O2S/c1-24-13-8-6-11(7-9-13)16-20-18-22(21-16)17(23)15(25-18)10-12-4-2-3-5-14(12)19/h2-10H,1H3. The number of aromatic nitrogens is 3. The largest absolute Gasteiger partial charge is 0.497 e. The van der Waals surface area contributed by atoms with Crippen LogP contribution in [0.3, 0.4) is 0 Å². The molecule has 0 radical (unpaired) electrons. The summed E-state index contributed by atoms with van der Waals surface area (Å²) < 4.78 is 8.04. The van der Waals surface area contributed by atoms with E-state index in [1.54, 1.807) is 7.11 Å². The Bertz CT molecular complexity index is 1170. The summed E-state index contributed by atoms with van der Waals surface area (Å²) in [5.41, 5.74) is 1.62. The molecule has 0 unspecified atom stereocenters. The van der Waals surface area contributed by atoms with Crippen LogP contribution in [0.5, 0.6) is 5.75 Å². The van der Waals surface area contributed by atoms with E-state index >= 15 is 0 Å². The van der Waals surface area contributed by atoms with Crippen LogP contribution in [0.25, 0.3) is 22.4 Å². The lowest BCUT2D eigenvalue weighted by Gasteiger charge is -1.99. The molecule has 0 aliphatic rings. The molecule has 2 aromatic heterocycles. The van der Waals surface area contributed by atoms with Crippen LogP contribution in [0, 0.1) is 0 Å². The van der Waals surface area contributed by atoms with E-state index in [9.17, 15) is 4.79 Å². The Hall–Kier alpha value is -2.51. The number of ether oxygens (including phenoxy) is 1. The van der Waals surface area contributed by atoms with Crippen LogP contribution in [0.1, 0.15) is 5.56 Å². The Balaban J connectivity index is 1.79. The molecule has 2 heterocycles. The van der Waals surface area contributed by atoms with Gasteiger partial charge in [-0.1, -0.05) is 45.5 Å². The average Bonchev–Trinajstić information content (AvgIpc) is 3.17. The minimum absolute atomic E-state index is 0.164. The third-order valence-electron chi connectivity index (χ3n) is 3.72. The molecule has 0 saturated carbocycles. The number of rotatable bonds is 3. The van der Waals surface area contributed by atoms with Gasteiger partial charge in [0.1, 0.15) is 5.75 Å². The molecular formula is C18H12BrN3O2S. The maximum absolute atomic E-state index is 12.6. The summed E-state index contributed by atoms with van der Waals surface area (Å²) >= 11 is 4.82. The molecule has 124 valence electrons. The van der Waals surface area contributed by atoms with Crippen LogP contribution in [0.15, 0.2) is 57.8 Å². The van der Waals surface area contributed by atoms with E-state index in [2.05, 4.69) is 26.0 Å². The van der Waals surface area contributed by atoms with E-state index in [4.69, 9.17) is 4.74 Å². The Morgan fingerprint density at radius 2 is 1.92 bits per heavy atom. The van der Waals surface area contributed by atoms with Crippen molar-refractivity contribution in [1.82, 2.24) is 14.6 Å². The number of hydrogen-bond donors (Lipinski definition) is 0. The van der Waals surface area contributed by atoms with Crippen LogP contribution in [0.4, 0.5) is 0 Å². The molecule has 4 aromatic rings. The van der Waals surface area contributed by atoms with Crippen molar-refractivity contribution in [2.75, 3.05) is 7.11 Å². The molecule has 0 aliphatic heterocycles. The minimum Gasteiger partial charge on any atom is -0.497 e. The summed E-state index contributed by atoms with van der Waals surface area (Å²) in [5, 5.41) is 4.35. The van der Waals surface area contributed by atoms with Crippen molar-refractivity contribution < 1.29 is 4.74 Å². The molecule has 7 heteroatoms. The first-order chi connectivity index (χ1) is 12.2. The lowest BCUT2D eigenvalue weighted by Crippen LogP contribution is -2.23. The number of methoxy groups -OCH3 is 1. The molecular weight excluding hydrogens is 402 g/mol. The van der Waals surface area contributed by atoms with Crippen LogP contribution in [0.2, 0.25) is 0 Å². The summed E-state index contributed by atoms with van der Waals surface area (Å²) in [7, 11) is 1.62. The van der Waals surface area contributed by atoms with Gasteiger partial charge in [0.05, 0.1) is 11.6 Å². The SMILES string of the molecule is COc1ccc(-c2nc3sc(=Cc4ccccc4Br)c(=O)n3n2)cc1. The minimum atomic E-state index is -0.164. The second kappa shape index (κ2) is 6.42. The van der Waals surface area contributed by atoms with Gasteiger partial charge in [-0.2, -0.15) is 9.50 Å². The van der Waals surface area contributed by atoms with Crippen molar-refractivity contribution >= 4 is 38.3 Å². The number of nitrogens with zero attached hydrogens (tertiary/aromatic N) is 3. The summed E-state index contributed by atoms with van der Waals surface area (Å²) in [6.45, 7) is 0. The lowest BCUT2D eigenvalue weighted by atomic mass is 10.2. The van der Waals surface area contributed by atoms with Gasteiger partial charge in [0, 0.05) is 10.0 Å². The predicted octanol–water partition coefficient (Wildman–Crippen LogP) is 3.14. The highest BCUT2D eigenvalue weighted by Crippen LogP contribution is 2.20. The van der Waals surface area contributed by atoms with Crippen molar-refractivity contribution in [3.05, 3.63) is 73.5 Å². The van der Waals surface area contributed by atoms with Crippen LogP contribution in [-0.4, -0.2) is 21.7 Å². The quantitative estimate of drug-likeness (QED) is 0.517. The van der Waals surface area contributed by atoms with E-state index in [1.807, 2.05) is 54.6 Å². The second-order valence-corrected chi connectivity index (χ2v) is 7.16. The van der Waals surface area contributed by atoms with Gasteiger partial charge in [0.15, 0.2) is 5.82 Å². The second-order valence-electron chi connectivity index (χ2n) is 5.30. The summed E-state index contributed by atoms with van der Waals surface area (Å²) in [6, 6.07) is 15.2. The van der Waals surface area contributed by atoms with Crippen molar-refractivity contribution in [3.8, 4) is 17.1 Å². The smallest absolute Gasteiger partial charge is 0.291 e. The number of benzene rings is 2. The van der Waals surface area contributed by atoms with Crippen molar-refractivity contribution in [1.29, 1.82) is 0 Å². The first-order valence-electron chi connectivity index (χ1n) is 7.46. The predicted molar refractivity (Wildman–Crippen MR) is 102 cm³/mol. The molecule has 2 aromatic carbocycles. The zero-order chi connectivity index (χ0) is 17.4. The van der Waals surface area contributed by atoms with Gasteiger partial charge in [-0.15, -0.1) is 5.10 Å². The average molecular weight is 414 g/mol. The van der Waals surface area contributed by atoms with Gasteiger partial charge in [-0.3, -0.25) is 4.79 Å². The molecule has 0 bridgehead atoms. The van der Waals surface area contributed by atoms with E-state index in [0.29, 0.717) is 15.3 Å². The highest BCUT2D eigenvalue weighted by Gasteiger charge is 2.12. The van der Waals surface area contributed by atoms with Gasteiger partial charge in [0.2, 0.25) is 4.96 Å². The highest BCUT2D eigenvalue weighted by atomic mass is 79.9. The molecule has 0 amide bonds. The Morgan fingerprint density at radius 3 is 2.60 bits per heavy atom. The topological polar surface area (TPSA) is 56.5 Å². The number of hydrogen-bond acceptors (Lipinski definition) is 5. The van der Waals surface area contributed by atoms with E-state index < -0.39 is 0 Å². The zero-order valence-electron chi connectivity index (χ0n) is 13.1. The third-order valence-corrected chi connectivity index (χ3v) is 5.40. The maximum atomic E-state index is 12.6. The van der Waals surface area contributed by atoms with Gasteiger partial charge in [0.25, 0.3) is 5.56 Å². The van der Waals surface area contributed by atoms with E-state index in [1.165, 1.54) is 15.9 Å². The molecule has 0 N–H and O–H groups in total. The fraction of sp³-hybridized carbons (Fsp3) is 0.0556. The van der Waals surface area contributed by atoms with Crippen LogP contribution < -0.4 is 14.8 Å². The van der Waals surface area contributed by atoms with Crippen molar-refractivity contribution in [3.63, 3.8) is 0 Å². The molecule has 0 atom stereocenters. The monoisotopic (exact) mass is 413 g/mol. The molecule has 0 fully saturated rings. The van der Waals surface area contributed by atoms with Crippen LogP contribution >= 0.6 is 27.3 Å². The van der Waals surface area contributed by atoms with Gasteiger partial charge >= 0.3 is 0 Å². The zero-order valence-corrected chi connectivity index (χ0v) is 15.5. The Labute approximate surface area is 155 Å². The first-order valence-corrected chi connectivity index (χ1v) is 9.07. The first kappa shape index (κ1) is 16.0. The number of halogens is 1. The summed E-state index contributed by atoms with van der Waals surface area (Å²) in [6.07, 6.45) is 1.85. The Kier molecular flexibility index (Phi) is 4.10. The molecule has 4 rings (SSSR count). The van der Waals surface area contributed by atoms with Gasteiger partial charge in [-0.05, 0) is 42.0 Å². The Morgan fingerprint density at radius 1 is 1.16 bits per heavy atom. The van der Waals surface area contributed by atoms with E-state index in [0.717, 1.165) is 21.3 Å². The summed E-state index contributed by atoms with van der Waals surface area (Å²) in [4.78, 5) is 17.7. The normalized spacial score (nSPS) is 12.0. The van der Waals surface area contributed by atoms with Crippen LogP contribution in [-0.2, 0) is 0 Å². The fourth-order valence-corrected chi connectivity index (χ4v) is 3.73. The van der Waals surface area contributed by atoms with Gasteiger partial charge in [-0.25, -0.2) is 0 Å². The molecule has 25 heavy (non-hydrogen) atoms. The highest BCUT2D eigenvalue weighted by molar-refractivity contribution is 9.10. The molecule has 0 aliphatic carbocycles. The van der Waals surface area contributed by atoms with E-state index in [-0.39, 0.29) is 5.56 Å². The fourth-order valence-electron chi connectivity index (χ4n) is 2.43. The molecule has 0 saturated heterocycles. The van der Waals surface area contributed by atoms with Crippen molar-refractivity contribution in [2.24, 2.45) is 0 Å². The lowest BCUT2D eigenvalue weighted by molar-refractivity contribution is 0.415. The molecule has 5 nitrogen and oxygen atoms in total.